The maximum atomic E-state index is 6.14. The molecule has 0 aliphatic heterocycles. The van der Waals surface area contributed by atoms with Gasteiger partial charge in [-0.25, -0.2) is 4.98 Å². The Morgan fingerprint density at radius 3 is 2.95 bits per heavy atom. The van der Waals surface area contributed by atoms with Gasteiger partial charge in [0.1, 0.15) is 11.3 Å². The predicted octanol–water partition coefficient (Wildman–Crippen LogP) is 3.05. The van der Waals surface area contributed by atoms with Crippen LogP contribution in [-0.2, 0) is 18.8 Å². The summed E-state index contributed by atoms with van der Waals surface area (Å²) in [5, 5.41) is 4.21. The standard InChI is InChI=1S/C12H10Cl2N4O/c13-6-10-17-12-8(14)2-1-3-9(12)18(10)5-4-11-15-7-16-19-11/h1-3,7H,4-6H2. The quantitative estimate of drug-likeness (QED) is 0.694. The second-order valence-electron chi connectivity index (χ2n) is 4.01. The first-order chi connectivity index (χ1) is 9.29. The molecule has 98 valence electrons. The number of para-hydroxylation sites is 1. The summed E-state index contributed by atoms with van der Waals surface area (Å²) in [7, 11) is 0. The molecule has 3 aromatic rings. The number of rotatable bonds is 4. The molecule has 0 aliphatic carbocycles. The zero-order valence-electron chi connectivity index (χ0n) is 9.88. The van der Waals surface area contributed by atoms with Crippen molar-refractivity contribution < 1.29 is 4.52 Å². The predicted molar refractivity (Wildman–Crippen MR) is 72.3 cm³/mol. The van der Waals surface area contributed by atoms with E-state index in [1.54, 1.807) is 0 Å². The summed E-state index contributed by atoms with van der Waals surface area (Å²) in [4.78, 5) is 8.46. The first-order valence-electron chi connectivity index (χ1n) is 5.74. The fourth-order valence-corrected chi connectivity index (χ4v) is 2.44. The average molecular weight is 297 g/mol. The summed E-state index contributed by atoms with van der Waals surface area (Å²) in [6, 6.07) is 5.68. The monoisotopic (exact) mass is 296 g/mol. The Hall–Kier alpha value is -1.59. The first kappa shape index (κ1) is 12.4. The molecule has 7 heteroatoms. The largest absolute Gasteiger partial charge is 0.340 e. The fraction of sp³-hybridized carbons (Fsp3) is 0.250. The van der Waals surface area contributed by atoms with Crippen molar-refractivity contribution in [2.75, 3.05) is 0 Å². The molecule has 0 N–H and O–H groups in total. The summed E-state index contributed by atoms with van der Waals surface area (Å²) in [5.74, 6) is 1.70. The van der Waals surface area contributed by atoms with Gasteiger partial charge < -0.3 is 9.09 Å². The summed E-state index contributed by atoms with van der Waals surface area (Å²) < 4.78 is 7.01. The molecule has 0 bridgehead atoms. The number of benzene rings is 1. The molecule has 1 aromatic carbocycles. The highest BCUT2D eigenvalue weighted by atomic mass is 35.5. The van der Waals surface area contributed by atoms with Crippen molar-refractivity contribution in [3.8, 4) is 0 Å². The number of imidazole rings is 1. The molecule has 0 fully saturated rings. The number of nitrogens with zero attached hydrogens (tertiary/aromatic N) is 4. The lowest BCUT2D eigenvalue weighted by atomic mass is 10.3. The van der Waals surface area contributed by atoms with Crippen molar-refractivity contribution in [3.63, 3.8) is 0 Å². The van der Waals surface area contributed by atoms with Crippen LogP contribution in [-0.4, -0.2) is 19.7 Å². The molecule has 0 aliphatic rings. The van der Waals surface area contributed by atoms with Gasteiger partial charge in [0.2, 0.25) is 5.89 Å². The Morgan fingerprint density at radius 1 is 1.32 bits per heavy atom. The van der Waals surface area contributed by atoms with Gasteiger partial charge in [-0.1, -0.05) is 22.8 Å². The highest BCUT2D eigenvalue weighted by Crippen LogP contribution is 2.24. The van der Waals surface area contributed by atoms with Gasteiger partial charge in [0, 0.05) is 13.0 Å². The number of halogens is 2. The van der Waals surface area contributed by atoms with Crippen LogP contribution in [0.5, 0.6) is 0 Å². The van der Waals surface area contributed by atoms with Gasteiger partial charge in [-0.3, -0.25) is 0 Å². The molecule has 0 saturated heterocycles. The van der Waals surface area contributed by atoms with Crippen LogP contribution < -0.4 is 0 Å². The molecule has 0 radical (unpaired) electrons. The third-order valence-corrected chi connectivity index (χ3v) is 3.43. The van der Waals surface area contributed by atoms with Crippen molar-refractivity contribution in [1.29, 1.82) is 0 Å². The minimum absolute atomic E-state index is 0.328. The second-order valence-corrected chi connectivity index (χ2v) is 4.68. The van der Waals surface area contributed by atoms with E-state index in [0.717, 1.165) is 16.9 Å². The molecule has 0 atom stereocenters. The van der Waals surface area contributed by atoms with E-state index in [1.165, 1.54) is 6.33 Å². The number of fused-ring (bicyclic) bond motifs is 1. The normalized spacial score (nSPS) is 11.3. The van der Waals surface area contributed by atoms with Crippen LogP contribution in [0.1, 0.15) is 11.7 Å². The van der Waals surface area contributed by atoms with Crippen LogP contribution >= 0.6 is 23.2 Å². The lowest BCUT2D eigenvalue weighted by Gasteiger charge is -2.05. The smallest absolute Gasteiger partial charge is 0.228 e. The molecule has 19 heavy (non-hydrogen) atoms. The van der Waals surface area contributed by atoms with Gasteiger partial charge in [-0.05, 0) is 12.1 Å². The van der Waals surface area contributed by atoms with E-state index in [4.69, 9.17) is 27.7 Å². The van der Waals surface area contributed by atoms with Gasteiger partial charge >= 0.3 is 0 Å². The third-order valence-electron chi connectivity index (χ3n) is 2.88. The number of aromatic nitrogens is 4. The van der Waals surface area contributed by atoms with E-state index in [2.05, 4.69) is 15.1 Å². The molecular weight excluding hydrogens is 287 g/mol. The zero-order valence-corrected chi connectivity index (χ0v) is 11.4. The molecule has 2 heterocycles. The van der Waals surface area contributed by atoms with Gasteiger partial charge in [-0.2, -0.15) is 4.98 Å². The zero-order chi connectivity index (χ0) is 13.2. The molecule has 5 nitrogen and oxygen atoms in total. The lowest BCUT2D eigenvalue weighted by Crippen LogP contribution is -2.05. The average Bonchev–Trinajstić information content (AvgIpc) is 3.03. The van der Waals surface area contributed by atoms with Gasteiger partial charge in [0.25, 0.3) is 0 Å². The number of hydrogen-bond acceptors (Lipinski definition) is 4. The van der Waals surface area contributed by atoms with E-state index in [1.807, 2.05) is 22.8 Å². The summed E-state index contributed by atoms with van der Waals surface area (Å²) >= 11 is 12.1. The van der Waals surface area contributed by atoms with Crippen LogP contribution in [0.3, 0.4) is 0 Å². The number of alkyl halides is 1. The maximum absolute atomic E-state index is 6.14. The Balaban J connectivity index is 1.99. The van der Waals surface area contributed by atoms with Crippen LogP contribution in [0, 0.1) is 0 Å². The van der Waals surface area contributed by atoms with Crippen LogP contribution in [0.4, 0.5) is 0 Å². The minimum Gasteiger partial charge on any atom is -0.340 e. The second kappa shape index (κ2) is 5.19. The fourth-order valence-electron chi connectivity index (χ4n) is 2.03. The molecule has 3 rings (SSSR count). The van der Waals surface area contributed by atoms with Crippen LogP contribution in [0.15, 0.2) is 29.0 Å². The highest BCUT2D eigenvalue weighted by Gasteiger charge is 2.12. The van der Waals surface area contributed by atoms with E-state index < -0.39 is 0 Å². The summed E-state index contributed by atoms with van der Waals surface area (Å²) in [6.45, 7) is 0.668. The SMILES string of the molecule is ClCc1nc2c(Cl)cccc2n1CCc1ncno1. The van der Waals surface area contributed by atoms with Crippen LogP contribution in [0.25, 0.3) is 11.0 Å². The Morgan fingerprint density at radius 2 is 2.21 bits per heavy atom. The molecule has 0 spiro atoms. The minimum atomic E-state index is 0.328. The van der Waals surface area contributed by atoms with Crippen molar-refractivity contribution in [1.82, 2.24) is 19.7 Å². The summed E-state index contributed by atoms with van der Waals surface area (Å²) in [5.41, 5.74) is 1.73. The molecule has 0 unspecified atom stereocenters. The number of aryl methyl sites for hydroxylation is 2. The Kier molecular flexibility index (Phi) is 3.40. The Labute approximate surface area is 119 Å². The van der Waals surface area contributed by atoms with E-state index in [-0.39, 0.29) is 0 Å². The van der Waals surface area contributed by atoms with E-state index in [0.29, 0.717) is 29.8 Å². The third kappa shape index (κ3) is 2.31. The van der Waals surface area contributed by atoms with Crippen LogP contribution in [0.2, 0.25) is 5.02 Å². The lowest BCUT2D eigenvalue weighted by molar-refractivity contribution is 0.371. The van der Waals surface area contributed by atoms with E-state index >= 15 is 0 Å². The maximum Gasteiger partial charge on any atom is 0.228 e. The van der Waals surface area contributed by atoms with Gasteiger partial charge in [-0.15, -0.1) is 11.6 Å². The molecule has 0 amide bonds. The van der Waals surface area contributed by atoms with E-state index in [9.17, 15) is 0 Å². The summed E-state index contributed by atoms with van der Waals surface area (Å²) in [6.07, 6.45) is 2.02. The number of hydrogen-bond donors (Lipinski definition) is 0. The van der Waals surface area contributed by atoms with Gasteiger partial charge in [0.15, 0.2) is 6.33 Å². The van der Waals surface area contributed by atoms with Crippen molar-refractivity contribution >= 4 is 34.2 Å². The first-order valence-corrected chi connectivity index (χ1v) is 6.66. The van der Waals surface area contributed by atoms with Crippen molar-refractivity contribution in [3.05, 3.63) is 41.3 Å². The molecule has 2 aromatic heterocycles. The molecular formula is C12H10Cl2N4O. The Bertz CT molecular complexity index is 693. The van der Waals surface area contributed by atoms with Crippen molar-refractivity contribution in [2.45, 2.75) is 18.8 Å². The highest BCUT2D eigenvalue weighted by molar-refractivity contribution is 6.35. The van der Waals surface area contributed by atoms with Crippen molar-refractivity contribution in [2.24, 2.45) is 0 Å². The molecule has 0 saturated carbocycles. The topological polar surface area (TPSA) is 56.7 Å². The van der Waals surface area contributed by atoms with Gasteiger partial charge in [0.05, 0.1) is 16.4 Å².